The molecule has 0 amide bonds. The van der Waals surface area contributed by atoms with Crippen LogP contribution in [0.5, 0.6) is 0 Å². The van der Waals surface area contributed by atoms with Crippen molar-refractivity contribution in [1.82, 2.24) is 24.1 Å². The highest BCUT2D eigenvalue weighted by Gasteiger charge is 2.23. The minimum absolute atomic E-state index is 0.567. The van der Waals surface area contributed by atoms with Crippen LogP contribution in [0.2, 0.25) is 0 Å². The van der Waals surface area contributed by atoms with E-state index in [-0.39, 0.29) is 0 Å². The number of hydrogen-bond donors (Lipinski definition) is 0. The largest absolute Gasteiger partial charge is 0.309 e. The Labute approximate surface area is 323 Å². The van der Waals surface area contributed by atoms with Crippen molar-refractivity contribution in [3.05, 3.63) is 200 Å². The first-order chi connectivity index (χ1) is 27.8. The standard InChI is InChI=1S/C51H33N5/c1-4-14-34(15-5-1)36-24-28-38(29-25-36)49-52-50(39-30-26-37(27-31-39)35-16-6-2-7-17-35)54-51(53-49)56-45-23-13-11-21-43(45)47-46(56)33-32-42-41-20-10-12-22-44(41)55(48(42)47)40-18-8-3-9-19-40/h1-33H. The Morgan fingerprint density at radius 3 is 1.30 bits per heavy atom. The third-order valence-corrected chi connectivity index (χ3v) is 10.8. The fourth-order valence-corrected chi connectivity index (χ4v) is 8.18. The smallest absolute Gasteiger partial charge is 0.238 e. The lowest BCUT2D eigenvalue weighted by Crippen LogP contribution is -2.06. The minimum Gasteiger partial charge on any atom is -0.309 e. The van der Waals surface area contributed by atoms with E-state index >= 15 is 0 Å². The Morgan fingerprint density at radius 2 is 0.732 bits per heavy atom. The quantitative estimate of drug-likeness (QED) is 0.172. The highest BCUT2D eigenvalue weighted by Crippen LogP contribution is 2.42. The monoisotopic (exact) mass is 715 g/mol. The van der Waals surface area contributed by atoms with E-state index in [2.05, 4.69) is 197 Å². The summed E-state index contributed by atoms with van der Waals surface area (Å²) in [7, 11) is 0. The molecule has 0 bridgehead atoms. The molecule has 0 N–H and O–H groups in total. The molecule has 11 rings (SSSR count). The molecule has 5 heteroatoms. The van der Waals surface area contributed by atoms with Crippen LogP contribution in [-0.4, -0.2) is 24.1 Å². The molecule has 0 aliphatic heterocycles. The van der Waals surface area contributed by atoms with Crippen molar-refractivity contribution in [2.45, 2.75) is 0 Å². The number of hydrogen-bond acceptors (Lipinski definition) is 3. The maximum absolute atomic E-state index is 5.28. The number of para-hydroxylation sites is 3. The summed E-state index contributed by atoms with van der Waals surface area (Å²) in [5, 5.41) is 4.71. The van der Waals surface area contributed by atoms with Gasteiger partial charge in [-0.25, -0.2) is 4.98 Å². The van der Waals surface area contributed by atoms with Crippen LogP contribution < -0.4 is 0 Å². The molecule has 5 nitrogen and oxygen atoms in total. The molecular weight excluding hydrogens is 683 g/mol. The summed E-state index contributed by atoms with van der Waals surface area (Å²) in [4.78, 5) is 15.7. The van der Waals surface area contributed by atoms with Crippen molar-refractivity contribution in [2.75, 3.05) is 0 Å². The zero-order valence-corrected chi connectivity index (χ0v) is 30.3. The van der Waals surface area contributed by atoms with Gasteiger partial charge in [-0.3, -0.25) is 4.57 Å². The maximum Gasteiger partial charge on any atom is 0.238 e. The predicted octanol–water partition coefficient (Wildman–Crippen LogP) is 12.7. The number of aromatic nitrogens is 5. The fraction of sp³-hybridized carbons (Fsp3) is 0. The second-order valence-corrected chi connectivity index (χ2v) is 14.1. The van der Waals surface area contributed by atoms with E-state index < -0.39 is 0 Å². The molecule has 0 saturated carbocycles. The number of rotatable bonds is 6. The molecule has 0 unspecified atom stereocenters. The van der Waals surface area contributed by atoms with Gasteiger partial charge in [0, 0.05) is 38.4 Å². The highest BCUT2D eigenvalue weighted by molar-refractivity contribution is 6.26. The Balaban J connectivity index is 1.17. The van der Waals surface area contributed by atoms with Gasteiger partial charge in [0.05, 0.1) is 22.1 Å². The van der Waals surface area contributed by atoms with E-state index in [1.807, 2.05) is 12.1 Å². The van der Waals surface area contributed by atoms with Crippen LogP contribution in [0.3, 0.4) is 0 Å². The lowest BCUT2D eigenvalue weighted by molar-refractivity contribution is 0.953. The summed E-state index contributed by atoms with van der Waals surface area (Å²) in [6.45, 7) is 0. The van der Waals surface area contributed by atoms with Gasteiger partial charge in [-0.15, -0.1) is 0 Å². The highest BCUT2D eigenvalue weighted by atomic mass is 15.2. The molecule has 3 aromatic heterocycles. The molecule has 8 aromatic carbocycles. The van der Waals surface area contributed by atoms with Gasteiger partial charge in [-0.05, 0) is 52.6 Å². The molecule has 0 spiro atoms. The summed E-state index contributed by atoms with van der Waals surface area (Å²) in [5.74, 6) is 1.79. The molecule has 0 aliphatic rings. The van der Waals surface area contributed by atoms with Crippen molar-refractivity contribution < 1.29 is 0 Å². The summed E-state index contributed by atoms with van der Waals surface area (Å²) >= 11 is 0. The fourth-order valence-electron chi connectivity index (χ4n) is 8.18. The van der Waals surface area contributed by atoms with Crippen LogP contribution in [0.1, 0.15) is 0 Å². The van der Waals surface area contributed by atoms with Crippen molar-refractivity contribution >= 4 is 43.6 Å². The zero-order chi connectivity index (χ0) is 37.0. The number of nitrogens with zero attached hydrogens (tertiary/aromatic N) is 5. The summed E-state index contributed by atoms with van der Waals surface area (Å²) < 4.78 is 4.61. The molecule has 262 valence electrons. The van der Waals surface area contributed by atoms with Crippen LogP contribution in [0.4, 0.5) is 0 Å². The molecule has 0 saturated heterocycles. The minimum atomic E-state index is 0.567. The van der Waals surface area contributed by atoms with Crippen molar-refractivity contribution in [2.24, 2.45) is 0 Å². The normalized spacial score (nSPS) is 11.6. The number of benzene rings is 8. The second kappa shape index (κ2) is 13.0. The van der Waals surface area contributed by atoms with Gasteiger partial charge in [0.2, 0.25) is 5.95 Å². The summed E-state index contributed by atoms with van der Waals surface area (Å²) in [6, 6.07) is 70.2. The van der Waals surface area contributed by atoms with Crippen LogP contribution in [0.15, 0.2) is 200 Å². The Kier molecular flexibility index (Phi) is 7.42. The first-order valence-electron chi connectivity index (χ1n) is 18.9. The van der Waals surface area contributed by atoms with E-state index in [0.717, 1.165) is 55.3 Å². The Bertz CT molecular complexity index is 3100. The van der Waals surface area contributed by atoms with Crippen LogP contribution in [-0.2, 0) is 0 Å². The Morgan fingerprint density at radius 1 is 0.286 bits per heavy atom. The lowest BCUT2D eigenvalue weighted by atomic mass is 10.0. The van der Waals surface area contributed by atoms with E-state index in [1.165, 1.54) is 27.4 Å². The average Bonchev–Trinajstić information content (AvgIpc) is 3.80. The molecule has 11 aromatic rings. The van der Waals surface area contributed by atoms with Crippen LogP contribution >= 0.6 is 0 Å². The maximum atomic E-state index is 5.28. The van der Waals surface area contributed by atoms with Gasteiger partial charge in [-0.2, -0.15) is 9.97 Å². The SMILES string of the molecule is c1ccc(-c2ccc(-c3nc(-c4ccc(-c5ccccc5)cc4)nc(-n4c5ccccc5c5c4ccc4c6ccccc6n(-c6ccccc6)c45)n3)cc2)cc1. The molecule has 3 heterocycles. The molecule has 0 atom stereocenters. The molecule has 0 aliphatic carbocycles. The van der Waals surface area contributed by atoms with Crippen molar-refractivity contribution in [3.8, 4) is 56.7 Å². The Hall–Kier alpha value is -7.63. The predicted molar refractivity (Wildman–Crippen MR) is 230 cm³/mol. The van der Waals surface area contributed by atoms with Crippen molar-refractivity contribution in [3.63, 3.8) is 0 Å². The molecule has 0 fully saturated rings. The first kappa shape index (κ1) is 31.9. The van der Waals surface area contributed by atoms with Crippen LogP contribution in [0.25, 0.3) is 100 Å². The second-order valence-electron chi connectivity index (χ2n) is 14.1. The average molecular weight is 716 g/mol. The van der Waals surface area contributed by atoms with E-state index in [1.54, 1.807) is 0 Å². The van der Waals surface area contributed by atoms with Gasteiger partial charge >= 0.3 is 0 Å². The number of fused-ring (bicyclic) bond motifs is 7. The van der Waals surface area contributed by atoms with Gasteiger partial charge in [-0.1, -0.05) is 170 Å². The van der Waals surface area contributed by atoms with Gasteiger partial charge < -0.3 is 4.57 Å². The molecular formula is C51H33N5. The topological polar surface area (TPSA) is 48.5 Å². The van der Waals surface area contributed by atoms with Gasteiger partial charge in [0.15, 0.2) is 11.6 Å². The van der Waals surface area contributed by atoms with Crippen molar-refractivity contribution in [1.29, 1.82) is 0 Å². The lowest BCUT2D eigenvalue weighted by Gasteiger charge is -2.12. The van der Waals surface area contributed by atoms with E-state index in [4.69, 9.17) is 15.0 Å². The zero-order valence-electron chi connectivity index (χ0n) is 30.3. The van der Waals surface area contributed by atoms with Gasteiger partial charge in [0.25, 0.3) is 0 Å². The molecule has 56 heavy (non-hydrogen) atoms. The van der Waals surface area contributed by atoms with Crippen LogP contribution in [0, 0.1) is 0 Å². The molecule has 0 radical (unpaired) electrons. The van der Waals surface area contributed by atoms with E-state index in [9.17, 15) is 0 Å². The third-order valence-electron chi connectivity index (χ3n) is 10.8. The summed E-state index contributed by atoms with van der Waals surface area (Å²) in [5.41, 5.74) is 12.0. The third kappa shape index (κ3) is 5.21. The van der Waals surface area contributed by atoms with E-state index in [0.29, 0.717) is 17.6 Å². The summed E-state index contributed by atoms with van der Waals surface area (Å²) in [6.07, 6.45) is 0. The first-order valence-corrected chi connectivity index (χ1v) is 18.9. The van der Waals surface area contributed by atoms with Gasteiger partial charge in [0.1, 0.15) is 0 Å².